The van der Waals surface area contributed by atoms with Gasteiger partial charge in [-0.25, -0.2) is 4.98 Å². The Morgan fingerprint density at radius 3 is 2.80 bits per heavy atom. The van der Waals surface area contributed by atoms with Crippen molar-refractivity contribution in [2.45, 2.75) is 45.1 Å². The number of rotatable bonds is 3. The van der Waals surface area contributed by atoms with E-state index in [-0.39, 0.29) is 17.2 Å². The molecule has 1 saturated heterocycles. The first-order valence-corrected chi connectivity index (χ1v) is 8.78. The molecular formula is C18H27N5O2. The number of aromatic nitrogens is 4. The minimum absolute atomic E-state index is 0.0140. The van der Waals surface area contributed by atoms with E-state index >= 15 is 0 Å². The van der Waals surface area contributed by atoms with E-state index in [0.717, 1.165) is 18.5 Å². The Bertz CT molecular complexity index is 743. The molecular weight excluding hydrogens is 318 g/mol. The summed E-state index contributed by atoms with van der Waals surface area (Å²) in [7, 11) is 1.87. The van der Waals surface area contributed by atoms with Crippen LogP contribution in [0, 0.1) is 5.92 Å². The number of nitrogens with zero attached hydrogens (tertiary/aromatic N) is 4. The third kappa shape index (κ3) is 3.61. The van der Waals surface area contributed by atoms with Crippen LogP contribution in [-0.4, -0.2) is 48.8 Å². The number of hydrogen-bond acceptors (Lipinski definition) is 4. The molecule has 1 aliphatic heterocycles. The van der Waals surface area contributed by atoms with Gasteiger partial charge in [0.25, 0.3) is 5.91 Å². The smallest absolute Gasteiger partial charge is 0.274 e. The molecule has 0 bridgehead atoms. The fourth-order valence-electron chi connectivity index (χ4n) is 3.30. The summed E-state index contributed by atoms with van der Waals surface area (Å²) in [5.41, 5.74) is 1.30. The monoisotopic (exact) mass is 345 g/mol. The molecule has 1 amide bonds. The lowest BCUT2D eigenvalue weighted by Crippen LogP contribution is -2.42. The topological polar surface area (TPSA) is 87.0 Å². The minimum Gasteiger partial charge on any atom is -0.385 e. The number of H-pyrrole nitrogens is 1. The van der Waals surface area contributed by atoms with Gasteiger partial charge in [-0.2, -0.15) is 5.10 Å². The second-order valence-corrected chi connectivity index (χ2v) is 7.91. The molecule has 0 spiro atoms. The highest BCUT2D eigenvalue weighted by Crippen LogP contribution is 2.29. The molecule has 2 aromatic heterocycles. The predicted octanol–water partition coefficient (Wildman–Crippen LogP) is 2.03. The second kappa shape index (κ2) is 6.63. The maximum atomic E-state index is 12.8. The van der Waals surface area contributed by atoms with Crippen LogP contribution in [0.3, 0.4) is 0 Å². The Morgan fingerprint density at radius 2 is 2.20 bits per heavy atom. The van der Waals surface area contributed by atoms with Crippen LogP contribution >= 0.6 is 0 Å². The van der Waals surface area contributed by atoms with Gasteiger partial charge in [0.15, 0.2) is 0 Å². The zero-order valence-corrected chi connectivity index (χ0v) is 15.4. The molecule has 25 heavy (non-hydrogen) atoms. The fraction of sp³-hybridized carbons (Fsp3) is 0.611. The molecule has 2 unspecified atom stereocenters. The molecule has 2 N–H and O–H groups in total. The van der Waals surface area contributed by atoms with Gasteiger partial charge in [0.05, 0.1) is 0 Å². The van der Waals surface area contributed by atoms with Crippen molar-refractivity contribution in [3.05, 3.63) is 35.7 Å². The molecule has 136 valence electrons. The van der Waals surface area contributed by atoms with Crippen LogP contribution in [0.25, 0.3) is 0 Å². The first-order chi connectivity index (χ1) is 11.8. The number of likely N-dealkylation sites (tertiary alicyclic amines) is 1. The van der Waals surface area contributed by atoms with Gasteiger partial charge < -0.3 is 14.6 Å². The summed E-state index contributed by atoms with van der Waals surface area (Å²) in [5, 5.41) is 17.8. The van der Waals surface area contributed by atoms with Crippen LogP contribution in [0.5, 0.6) is 0 Å². The number of nitrogens with one attached hydrogen (secondary N) is 1. The van der Waals surface area contributed by atoms with Crippen molar-refractivity contribution in [1.82, 2.24) is 24.6 Å². The average molecular weight is 345 g/mol. The van der Waals surface area contributed by atoms with Gasteiger partial charge in [-0.1, -0.05) is 20.8 Å². The van der Waals surface area contributed by atoms with Crippen LogP contribution in [-0.2, 0) is 12.5 Å². The Balaban J connectivity index is 1.72. The molecule has 2 aromatic rings. The van der Waals surface area contributed by atoms with Crippen molar-refractivity contribution in [3.63, 3.8) is 0 Å². The maximum absolute atomic E-state index is 12.8. The summed E-state index contributed by atoms with van der Waals surface area (Å²) in [6.45, 7) is 7.45. The largest absolute Gasteiger partial charge is 0.385 e. The van der Waals surface area contributed by atoms with E-state index in [2.05, 4.69) is 36.0 Å². The van der Waals surface area contributed by atoms with E-state index < -0.39 is 6.10 Å². The molecule has 7 heteroatoms. The number of carbonyl (C=O) groups excluding carboxylic acids is 1. The van der Waals surface area contributed by atoms with Gasteiger partial charge in [-0.05, 0) is 18.9 Å². The SMILES string of the molecule is Cn1ccnc1C(O)C1CCCN(C(=O)c2cc(C(C)(C)C)[nH]n2)C1. The zero-order chi connectivity index (χ0) is 18.2. The van der Waals surface area contributed by atoms with Crippen molar-refractivity contribution in [1.29, 1.82) is 0 Å². The van der Waals surface area contributed by atoms with Crippen molar-refractivity contribution in [3.8, 4) is 0 Å². The van der Waals surface area contributed by atoms with Gasteiger partial charge in [0.2, 0.25) is 0 Å². The molecule has 1 aliphatic rings. The third-order valence-corrected chi connectivity index (χ3v) is 4.92. The van der Waals surface area contributed by atoms with E-state index in [0.29, 0.717) is 24.6 Å². The Morgan fingerprint density at radius 1 is 1.44 bits per heavy atom. The molecule has 0 aromatic carbocycles. The van der Waals surface area contributed by atoms with Crippen molar-refractivity contribution in [2.75, 3.05) is 13.1 Å². The molecule has 3 rings (SSSR count). The van der Waals surface area contributed by atoms with E-state index in [1.165, 1.54) is 0 Å². The Kier molecular flexibility index (Phi) is 4.69. The summed E-state index contributed by atoms with van der Waals surface area (Å²) in [6, 6.07) is 1.83. The van der Waals surface area contributed by atoms with E-state index in [1.807, 2.05) is 23.9 Å². The summed E-state index contributed by atoms with van der Waals surface area (Å²) in [5.74, 6) is 0.553. The van der Waals surface area contributed by atoms with Gasteiger partial charge in [0.1, 0.15) is 17.6 Å². The molecule has 0 aliphatic carbocycles. The summed E-state index contributed by atoms with van der Waals surface area (Å²) in [4.78, 5) is 18.8. The molecule has 3 heterocycles. The van der Waals surface area contributed by atoms with E-state index in [9.17, 15) is 9.90 Å². The second-order valence-electron chi connectivity index (χ2n) is 7.91. The lowest BCUT2D eigenvalue weighted by Gasteiger charge is -2.34. The van der Waals surface area contributed by atoms with Crippen LogP contribution in [0.1, 0.15) is 61.7 Å². The number of aliphatic hydroxyl groups excluding tert-OH is 1. The lowest BCUT2D eigenvalue weighted by molar-refractivity contribution is 0.0355. The number of aromatic amines is 1. The number of amides is 1. The van der Waals surface area contributed by atoms with Crippen molar-refractivity contribution >= 4 is 5.91 Å². The number of carbonyl (C=O) groups is 1. The first-order valence-electron chi connectivity index (χ1n) is 8.78. The Labute approximate surface area is 148 Å². The maximum Gasteiger partial charge on any atom is 0.274 e. The van der Waals surface area contributed by atoms with E-state index in [1.54, 1.807) is 11.1 Å². The third-order valence-electron chi connectivity index (χ3n) is 4.92. The van der Waals surface area contributed by atoms with Crippen molar-refractivity contribution in [2.24, 2.45) is 13.0 Å². The number of aryl methyl sites for hydroxylation is 1. The standard InChI is InChI=1S/C18H27N5O2/c1-18(2,3)14-10-13(20-21-14)17(25)23-8-5-6-12(11-23)15(24)16-19-7-9-22(16)4/h7,9-10,12,15,24H,5-6,8,11H2,1-4H3,(H,20,21). The van der Waals surface area contributed by atoms with E-state index in [4.69, 9.17) is 0 Å². The predicted molar refractivity (Wildman–Crippen MR) is 94.1 cm³/mol. The van der Waals surface area contributed by atoms with Crippen LogP contribution in [0.4, 0.5) is 0 Å². The quantitative estimate of drug-likeness (QED) is 0.891. The van der Waals surface area contributed by atoms with Gasteiger partial charge in [-0.15, -0.1) is 0 Å². The number of imidazole rings is 1. The molecule has 7 nitrogen and oxygen atoms in total. The minimum atomic E-state index is -0.667. The first kappa shape index (κ1) is 17.7. The number of hydrogen-bond donors (Lipinski definition) is 2. The molecule has 0 radical (unpaired) electrons. The van der Waals surface area contributed by atoms with Gasteiger partial charge in [-0.3, -0.25) is 9.89 Å². The van der Waals surface area contributed by atoms with Crippen LogP contribution in [0.15, 0.2) is 18.5 Å². The molecule has 2 atom stereocenters. The summed E-state index contributed by atoms with van der Waals surface area (Å²) >= 11 is 0. The lowest BCUT2D eigenvalue weighted by atomic mass is 9.91. The van der Waals surface area contributed by atoms with Crippen LogP contribution < -0.4 is 0 Å². The highest BCUT2D eigenvalue weighted by atomic mass is 16.3. The fourth-order valence-corrected chi connectivity index (χ4v) is 3.30. The summed E-state index contributed by atoms with van der Waals surface area (Å²) < 4.78 is 1.83. The number of aliphatic hydroxyl groups is 1. The number of piperidine rings is 1. The average Bonchev–Trinajstić information content (AvgIpc) is 3.22. The highest BCUT2D eigenvalue weighted by Gasteiger charge is 2.32. The summed E-state index contributed by atoms with van der Waals surface area (Å²) in [6.07, 6.45) is 4.59. The molecule has 0 saturated carbocycles. The zero-order valence-electron chi connectivity index (χ0n) is 15.4. The van der Waals surface area contributed by atoms with Gasteiger partial charge in [0, 0.05) is 49.6 Å². The highest BCUT2D eigenvalue weighted by molar-refractivity contribution is 5.92. The van der Waals surface area contributed by atoms with Crippen molar-refractivity contribution < 1.29 is 9.90 Å². The van der Waals surface area contributed by atoms with Crippen LogP contribution in [0.2, 0.25) is 0 Å². The Hall–Kier alpha value is -2.15. The molecule has 1 fully saturated rings. The normalized spacial score (nSPS) is 19.9. The van der Waals surface area contributed by atoms with Gasteiger partial charge >= 0.3 is 0 Å².